The van der Waals surface area contributed by atoms with E-state index in [2.05, 4.69) is 6.07 Å². The van der Waals surface area contributed by atoms with Crippen LogP contribution in [0.5, 0.6) is 0 Å². The summed E-state index contributed by atoms with van der Waals surface area (Å²) in [4.78, 5) is 26.0. The van der Waals surface area contributed by atoms with Gasteiger partial charge in [-0.15, -0.1) is 23.1 Å². The predicted octanol–water partition coefficient (Wildman–Crippen LogP) is 2.69. The second kappa shape index (κ2) is 7.69. The number of piperidine rings is 1. The van der Waals surface area contributed by atoms with Gasteiger partial charge in [0.15, 0.2) is 0 Å². The lowest BCUT2D eigenvalue weighted by Crippen LogP contribution is -2.41. The first-order valence-electron chi connectivity index (χ1n) is 6.75. The Bertz CT molecular complexity index is 447. The molecule has 0 aromatic carbocycles. The van der Waals surface area contributed by atoms with E-state index in [1.807, 2.05) is 16.3 Å². The van der Waals surface area contributed by atoms with Crippen molar-refractivity contribution in [2.75, 3.05) is 18.8 Å². The highest BCUT2D eigenvalue weighted by Crippen LogP contribution is 2.22. The quantitative estimate of drug-likeness (QED) is 0.877. The van der Waals surface area contributed by atoms with Crippen molar-refractivity contribution in [1.82, 2.24) is 4.90 Å². The Kier molecular flexibility index (Phi) is 5.91. The summed E-state index contributed by atoms with van der Waals surface area (Å²) in [6.45, 7) is 1.37. The van der Waals surface area contributed by atoms with Crippen molar-refractivity contribution in [2.24, 2.45) is 5.92 Å². The van der Waals surface area contributed by atoms with Gasteiger partial charge in [-0.25, -0.2) is 0 Å². The third-order valence-corrected chi connectivity index (χ3v) is 5.41. The monoisotopic (exact) mass is 313 g/mol. The summed E-state index contributed by atoms with van der Waals surface area (Å²) >= 11 is 3.34. The van der Waals surface area contributed by atoms with Crippen LogP contribution in [0.1, 0.15) is 24.1 Å². The normalized spacial score (nSPS) is 19.0. The molecule has 110 valence electrons. The van der Waals surface area contributed by atoms with Gasteiger partial charge in [0.2, 0.25) is 5.91 Å². The molecule has 0 saturated carbocycles. The van der Waals surface area contributed by atoms with Gasteiger partial charge in [-0.1, -0.05) is 6.07 Å². The van der Waals surface area contributed by atoms with Crippen molar-refractivity contribution in [3.63, 3.8) is 0 Å². The molecule has 1 fully saturated rings. The number of thioether (sulfide) groups is 1. The molecular formula is C14H19NO3S2. The lowest BCUT2D eigenvalue weighted by molar-refractivity contribution is -0.140. The zero-order chi connectivity index (χ0) is 14.4. The summed E-state index contributed by atoms with van der Waals surface area (Å²) < 4.78 is 0. The summed E-state index contributed by atoms with van der Waals surface area (Å²) in [6, 6.07) is 4.09. The van der Waals surface area contributed by atoms with E-state index >= 15 is 0 Å². The minimum absolute atomic E-state index is 0.118. The topological polar surface area (TPSA) is 57.6 Å². The molecule has 4 nitrogen and oxygen atoms in total. The first-order valence-corrected chi connectivity index (χ1v) is 8.78. The molecule has 1 saturated heterocycles. The number of nitrogens with zero attached hydrogens (tertiary/aromatic N) is 1. The third-order valence-electron chi connectivity index (χ3n) is 3.38. The van der Waals surface area contributed by atoms with Crippen molar-refractivity contribution in [2.45, 2.75) is 25.0 Å². The van der Waals surface area contributed by atoms with Gasteiger partial charge in [0.1, 0.15) is 0 Å². The molecule has 0 bridgehead atoms. The maximum absolute atomic E-state index is 12.1. The number of thiophene rings is 1. The van der Waals surface area contributed by atoms with Gasteiger partial charge in [-0.2, -0.15) is 0 Å². The maximum atomic E-state index is 12.1. The van der Waals surface area contributed by atoms with Crippen LogP contribution < -0.4 is 0 Å². The highest BCUT2D eigenvalue weighted by atomic mass is 32.2. The molecule has 1 aliphatic rings. The molecule has 1 aromatic rings. The molecule has 1 N–H and O–H groups in total. The average molecular weight is 313 g/mol. The fourth-order valence-electron chi connectivity index (χ4n) is 2.43. The number of aliphatic carboxylic acids is 1. The third kappa shape index (κ3) is 4.83. The zero-order valence-corrected chi connectivity index (χ0v) is 12.9. The Morgan fingerprint density at radius 3 is 3.05 bits per heavy atom. The van der Waals surface area contributed by atoms with E-state index in [1.165, 1.54) is 4.88 Å². The molecule has 1 amide bonds. The van der Waals surface area contributed by atoms with Crippen LogP contribution in [-0.4, -0.2) is 40.7 Å². The van der Waals surface area contributed by atoms with E-state index in [0.717, 1.165) is 25.1 Å². The molecule has 0 spiro atoms. The highest BCUT2D eigenvalue weighted by molar-refractivity contribution is 7.99. The van der Waals surface area contributed by atoms with E-state index in [0.29, 0.717) is 12.3 Å². The Balaban J connectivity index is 1.72. The second-order valence-electron chi connectivity index (χ2n) is 5.02. The SMILES string of the molecule is O=C(O)CC1CCCN(C(=O)CSCc2cccs2)C1. The van der Waals surface area contributed by atoms with Crippen LogP contribution >= 0.6 is 23.1 Å². The van der Waals surface area contributed by atoms with Gasteiger partial charge in [-0.05, 0) is 30.2 Å². The highest BCUT2D eigenvalue weighted by Gasteiger charge is 2.24. The number of hydrogen-bond acceptors (Lipinski definition) is 4. The summed E-state index contributed by atoms with van der Waals surface area (Å²) in [5.41, 5.74) is 0. The Labute approximate surface area is 127 Å². The van der Waals surface area contributed by atoms with Crippen LogP contribution in [0.2, 0.25) is 0 Å². The predicted molar refractivity (Wildman–Crippen MR) is 82.0 cm³/mol. The Morgan fingerprint density at radius 2 is 2.35 bits per heavy atom. The first kappa shape index (κ1) is 15.4. The van der Waals surface area contributed by atoms with E-state index in [9.17, 15) is 9.59 Å². The standard InChI is InChI=1S/C14H19NO3S2/c16-13(10-19-9-12-4-2-6-20-12)15-5-1-3-11(8-15)7-14(17)18/h2,4,6,11H,1,3,5,7-10H2,(H,17,18). The van der Waals surface area contributed by atoms with Gasteiger partial charge >= 0.3 is 5.97 Å². The van der Waals surface area contributed by atoms with Crippen LogP contribution in [-0.2, 0) is 15.3 Å². The molecule has 6 heteroatoms. The van der Waals surface area contributed by atoms with Gasteiger partial charge in [0.05, 0.1) is 5.75 Å². The number of amides is 1. The Morgan fingerprint density at radius 1 is 1.50 bits per heavy atom. The molecule has 2 rings (SSSR count). The molecule has 2 heterocycles. The van der Waals surface area contributed by atoms with E-state index in [1.54, 1.807) is 23.1 Å². The van der Waals surface area contributed by atoms with Crippen LogP contribution in [0.15, 0.2) is 17.5 Å². The minimum Gasteiger partial charge on any atom is -0.481 e. The number of hydrogen-bond donors (Lipinski definition) is 1. The van der Waals surface area contributed by atoms with E-state index in [-0.39, 0.29) is 18.2 Å². The van der Waals surface area contributed by atoms with Gasteiger partial charge in [-0.3, -0.25) is 9.59 Å². The summed E-state index contributed by atoms with van der Waals surface area (Å²) in [7, 11) is 0. The lowest BCUT2D eigenvalue weighted by Gasteiger charge is -2.32. The summed E-state index contributed by atoms with van der Waals surface area (Å²) in [5, 5.41) is 10.9. The maximum Gasteiger partial charge on any atom is 0.303 e. The molecule has 1 aliphatic heterocycles. The van der Waals surface area contributed by atoms with Crippen LogP contribution in [0.25, 0.3) is 0 Å². The van der Waals surface area contributed by atoms with Gasteiger partial charge in [0.25, 0.3) is 0 Å². The van der Waals surface area contributed by atoms with Crippen molar-refractivity contribution in [3.05, 3.63) is 22.4 Å². The van der Waals surface area contributed by atoms with Crippen molar-refractivity contribution < 1.29 is 14.7 Å². The second-order valence-corrected chi connectivity index (χ2v) is 7.04. The summed E-state index contributed by atoms with van der Waals surface area (Å²) in [6.07, 6.45) is 2.00. The number of carbonyl (C=O) groups excluding carboxylic acids is 1. The van der Waals surface area contributed by atoms with Crippen molar-refractivity contribution in [1.29, 1.82) is 0 Å². The number of carbonyl (C=O) groups is 2. The van der Waals surface area contributed by atoms with Gasteiger partial charge < -0.3 is 10.0 Å². The molecule has 0 aliphatic carbocycles. The number of rotatable bonds is 6. The zero-order valence-electron chi connectivity index (χ0n) is 11.3. The van der Waals surface area contributed by atoms with Crippen LogP contribution in [0.4, 0.5) is 0 Å². The number of likely N-dealkylation sites (tertiary alicyclic amines) is 1. The van der Waals surface area contributed by atoms with Crippen molar-refractivity contribution in [3.8, 4) is 0 Å². The van der Waals surface area contributed by atoms with Gasteiger partial charge in [0, 0.05) is 30.1 Å². The lowest BCUT2D eigenvalue weighted by atomic mass is 9.95. The number of carboxylic acid groups (broad SMARTS) is 1. The van der Waals surface area contributed by atoms with E-state index < -0.39 is 5.97 Å². The minimum atomic E-state index is -0.767. The van der Waals surface area contributed by atoms with Crippen molar-refractivity contribution >= 4 is 35.0 Å². The summed E-state index contributed by atoms with van der Waals surface area (Å²) in [5.74, 6) is 0.846. The molecule has 1 aromatic heterocycles. The largest absolute Gasteiger partial charge is 0.481 e. The van der Waals surface area contributed by atoms with E-state index in [4.69, 9.17) is 5.11 Å². The fourth-order valence-corrected chi connectivity index (χ4v) is 4.20. The molecular weight excluding hydrogens is 294 g/mol. The number of carboxylic acids is 1. The van der Waals surface area contributed by atoms with Crippen LogP contribution in [0, 0.1) is 5.92 Å². The molecule has 0 radical (unpaired) electrons. The molecule has 1 unspecified atom stereocenters. The molecule has 1 atom stereocenters. The Hall–Kier alpha value is -1.01. The smallest absolute Gasteiger partial charge is 0.303 e. The fraction of sp³-hybridized carbons (Fsp3) is 0.571. The average Bonchev–Trinajstić information content (AvgIpc) is 2.91. The van der Waals surface area contributed by atoms with Crippen LogP contribution in [0.3, 0.4) is 0 Å². The molecule has 20 heavy (non-hydrogen) atoms. The first-order chi connectivity index (χ1) is 9.65.